The van der Waals surface area contributed by atoms with Crippen LogP contribution in [-0.4, -0.2) is 58.9 Å². The van der Waals surface area contributed by atoms with Crippen LogP contribution in [-0.2, 0) is 13.3 Å². The Morgan fingerprint density at radius 1 is 0.762 bits per heavy atom. The molecule has 0 rings (SSSR count). The summed E-state index contributed by atoms with van der Waals surface area (Å²) in [7, 11) is -2.37. The maximum absolute atomic E-state index is 5.67. The summed E-state index contributed by atoms with van der Waals surface area (Å²) >= 11 is 4.19. The number of thiol groups is 1. The first-order valence-corrected chi connectivity index (χ1v) is 10.9. The molecule has 130 valence electrons. The van der Waals surface area contributed by atoms with E-state index in [1.54, 1.807) is 0 Å². The first-order chi connectivity index (χ1) is 10.1. The van der Waals surface area contributed by atoms with Gasteiger partial charge in [0.15, 0.2) is 0 Å². The minimum absolute atomic E-state index is 0.652. The van der Waals surface area contributed by atoms with Crippen molar-refractivity contribution in [3.63, 3.8) is 0 Å². The van der Waals surface area contributed by atoms with Crippen molar-refractivity contribution in [2.75, 3.05) is 45.2 Å². The number of hydrogen-bond donors (Lipinski definition) is 1. The molecule has 0 aliphatic heterocycles. The minimum Gasteiger partial charge on any atom is -0.374 e. The molecule has 0 atom stereocenters. The summed E-state index contributed by atoms with van der Waals surface area (Å²) in [4.78, 5) is 2.38. The summed E-state index contributed by atoms with van der Waals surface area (Å²) in [5.41, 5.74) is 0. The summed E-state index contributed by atoms with van der Waals surface area (Å²) < 4.78 is 17.0. The van der Waals surface area contributed by atoms with Gasteiger partial charge in [0, 0.05) is 25.9 Å². The van der Waals surface area contributed by atoms with Crippen LogP contribution in [0.2, 0.25) is 6.04 Å². The Balaban J connectivity index is 0. The highest BCUT2D eigenvalue weighted by atomic mass is 32.1. The topological polar surface area (TPSA) is 30.9 Å². The molecule has 0 unspecified atom stereocenters. The Morgan fingerprint density at radius 3 is 1.33 bits per heavy atom. The molecule has 0 fully saturated rings. The van der Waals surface area contributed by atoms with Gasteiger partial charge in [0.25, 0.3) is 0 Å². The summed E-state index contributed by atoms with van der Waals surface area (Å²) in [6.45, 7) is 18.0. The van der Waals surface area contributed by atoms with Crippen LogP contribution in [0.5, 0.6) is 0 Å². The number of nitrogens with zero attached hydrogens (tertiary/aromatic N) is 1. The van der Waals surface area contributed by atoms with E-state index in [-0.39, 0.29) is 0 Å². The van der Waals surface area contributed by atoms with Gasteiger partial charge in [0.1, 0.15) is 0 Å². The van der Waals surface area contributed by atoms with Gasteiger partial charge in [-0.05, 0) is 52.6 Å². The van der Waals surface area contributed by atoms with Gasteiger partial charge >= 0.3 is 8.80 Å². The molecule has 0 aromatic rings. The summed E-state index contributed by atoms with van der Waals surface area (Å²) in [6.07, 6.45) is 0.981. The van der Waals surface area contributed by atoms with E-state index in [4.69, 9.17) is 13.3 Å². The second kappa shape index (κ2) is 16.8. The Labute approximate surface area is 139 Å². The van der Waals surface area contributed by atoms with Gasteiger partial charge in [-0.25, -0.2) is 0 Å². The highest BCUT2D eigenvalue weighted by molar-refractivity contribution is 7.80. The molecule has 0 aliphatic rings. The third-order valence-electron chi connectivity index (χ3n) is 3.08. The van der Waals surface area contributed by atoms with Crippen molar-refractivity contribution < 1.29 is 13.3 Å². The largest absolute Gasteiger partial charge is 0.500 e. The van der Waals surface area contributed by atoms with E-state index in [0.29, 0.717) is 19.8 Å². The monoisotopic (exact) mass is 339 g/mol. The molecule has 0 aromatic carbocycles. The van der Waals surface area contributed by atoms with Gasteiger partial charge in [-0.2, -0.15) is 12.6 Å². The molecule has 21 heavy (non-hydrogen) atoms. The SMILES string of the molecule is CCN(CC)CC.CCO[Si](CCCS)(OCC)OCC. The van der Waals surface area contributed by atoms with Crippen molar-refractivity contribution >= 4 is 21.4 Å². The van der Waals surface area contributed by atoms with Crippen molar-refractivity contribution in [2.24, 2.45) is 0 Å². The van der Waals surface area contributed by atoms with Crippen molar-refractivity contribution in [2.45, 2.75) is 54.0 Å². The zero-order valence-corrected chi connectivity index (χ0v) is 16.9. The molecule has 0 amide bonds. The molecular weight excluding hydrogens is 302 g/mol. The fourth-order valence-corrected chi connectivity index (χ4v) is 5.04. The Morgan fingerprint density at radius 2 is 1.14 bits per heavy atom. The lowest BCUT2D eigenvalue weighted by Crippen LogP contribution is -2.46. The molecule has 0 bridgehead atoms. The predicted octanol–water partition coefficient (Wildman–Crippen LogP) is 3.70. The summed E-state index contributed by atoms with van der Waals surface area (Å²) in [6, 6.07) is 0.867. The standard InChI is InChI=1S/C9H22O3SSi.C6H15N/c1-4-10-14(11-5-2,12-6-3)9-7-8-13;1-4-7(5-2)6-3/h13H,4-9H2,1-3H3;4-6H2,1-3H3. The molecule has 0 saturated heterocycles. The molecule has 6 heteroatoms. The van der Waals surface area contributed by atoms with Crippen LogP contribution in [0.15, 0.2) is 0 Å². The lowest BCUT2D eigenvalue weighted by atomic mass is 10.5. The van der Waals surface area contributed by atoms with Crippen molar-refractivity contribution in [3.8, 4) is 0 Å². The fourth-order valence-electron chi connectivity index (χ4n) is 1.97. The van der Waals surface area contributed by atoms with Crippen LogP contribution >= 0.6 is 12.6 Å². The average Bonchev–Trinajstić information content (AvgIpc) is 2.48. The van der Waals surface area contributed by atoms with E-state index in [0.717, 1.165) is 18.2 Å². The second-order valence-corrected chi connectivity index (χ2v) is 7.61. The molecule has 0 aliphatic carbocycles. The van der Waals surface area contributed by atoms with E-state index in [1.807, 2.05) is 20.8 Å². The van der Waals surface area contributed by atoms with E-state index >= 15 is 0 Å². The van der Waals surface area contributed by atoms with E-state index in [9.17, 15) is 0 Å². The van der Waals surface area contributed by atoms with Gasteiger partial charge < -0.3 is 18.2 Å². The van der Waals surface area contributed by atoms with Crippen molar-refractivity contribution in [1.82, 2.24) is 4.90 Å². The van der Waals surface area contributed by atoms with Crippen LogP contribution in [0.25, 0.3) is 0 Å². The normalized spacial score (nSPS) is 11.4. The molecule has 0 N–H and O–H groups in total. The quantitative estimate of drug-likeness (QED) is 0.434. The van der Waals surface area contributed by atoms with Gasteiger partial charge in [-0.3, -0.25) is 0 Å². The predicted molar refractivity (Wildman–Crippen MR) is 97.4 cm³/mol. The van der Waals surface area contributed by atoms with E-state index < -0.39 is 8.80 Å². The highest BCUT2D eigenvalue weighted by Crippen LogP contribution is 2.18. The molecular formula is C15H37NO3SSi. The van der Waals surface area contributed by atoms with E-state index in [1.165, 1.54) is 19.6 Å². The van der Waals surface area contributed by atoms with Gasteiger partial charge in [-0.15, -0.1) is 0 Å². The lowest BCUT2D eigenvalue weighted by molar-refractivity contribution is 0.0712. The molecule has 0 saturated carbocycles. The number of rotatable bonds is 12. The maximum Gasteiger partial charge on any atom is 0.500 e. The average molecular weight is 340 g/mol. The fraction of sp³-hybridized carbons (Fsp3) is 1.00. The third-order valence-corrected chi connectivity index (χ3v) is 6.54. The summed E-state index contributed by atoms with van der Waals surface area (Å²) in [5.74, 6) is 0.849. The lowest BCUT2D eigenvalue weighted by Gasteiger charge is -2.28. The minimum atomic E-state index is -2.37. The maximum atomic E-state index is 5.67. The van der Waals surface area contributed by atoms with Crippen LogP contribution in [0.1, 0.15) is 48.0 Å². The first-order valence-electron chi connectivity index (χ1n) is 8.34. The highest BCUT2D eigenvalue weighted by Gasteiger charge is 2.39. The molecule has 0 radical (unpaired) electrons. The summed E-state index contributed by atoms with van der Waals surface area (Å²) in [5, 5.41) is 0. The van der Waals surface area contributed by atoms with Gasteiger partial charge in [0.05, 0.1) is 0 Å². The van der Waals surface area contributed by atoms with Crippen LogP contribution in [0, 0.1) is 0 Å². The second-order valence-electron chi connectivity index (χ2n) is 4.43. The Hall–Kier alpha value is 0.407. The zero-order valence-electron chi connectivity index (χ0n) is 15.0. The first kappa shape index (κ1) is 23.7. The Bertz CT molecular complexity index is 185. The van der Waals surface area contributed by atoms with Gasteiger partial charge in [-0.1, -0.05) is 20.8 Å². The zero-order chi connectivity index (χ0) is 16.6. The van der Waals surface area contributed by atoms with Crippen LogP contribution < -0.4 is 0 Å². The van der Waals surface area contributed by atoms with Crippen molar-refractivity contribution in [1.29, 1.82) is 0 Å². The molecule has 0 heterocycles. The van der Waals surface area contributed by atoms with Gasteiger partial charge in [0.2, 0.25) is 0 Å². The number of hydrogen-bond acceptors (Lipinski definition) is 5. The van der Waals surface area contributed by atoms with E-state index in [2.05, 4.69) is 38.3 Å². The van der Waals surface area contributed by atoms with Crippen LogP contribution in [0.4, 0.5) is 0 Å². The molecule has 0 spiro atoms. The smallest absolute Gasteiger partial charge is 0.374 e. The third kappa shape index (κ3) is 12.6. The Kier molecular flexibility index (Phi) is 18.9. The molecule has 0 aromatic heterocycles. The van der Waals surface area contributed by atoms with Crippen molar-refractivity contribution in [3.05, 3.63) is 0 Å². The van der Waals surface area contributed by atoms with Crippen LogP contribution in [0.3, 0.4) is 0 Å². The molecule has 4 nitrogen and oxygen atoms in total.